The van der Waals surface area contributed by atoms with Crippen LogP contribution >= 0.6 is 0 Å². The number of hydrogen-bond donors (Lipinski definition) is 1. The minimum absolute atomic E-state index is 0.00635. The molecule has 0 saturated carbocycles. The molecule has 11 nitrogen and oxygen atoms in total. The molecule has 2 aliphatic heterocycles. The number of halogens is 2. The molecule has 1 atom stereocenters. The van der Waals surface area contributed by atoms with Crippen molar-refractivity contribution in [1.29, 1.82) is 0 Å². The molecule has 41 heavy (non-hydrogen) atoms. The molecule has 1 aliphatic carbocycles. The van der Waals surface area contributed by atoms with Crippen LogP contribution in [0.25, 0.3) is 11.8 Å². The van der Waals surface area contributed by atoms with Gasteiger partial charge in [0.25, 0.3) is 0 Å². The van der Waals surface area contributed by atoms with E-state index >= 15 is 8.78 Å². The van der Waals surface area contributed by atoms with Crippen LogP contribution in [0.2, 0.25) is 0 Å². The van der Waals surface area contributed by atoms with E-state index in [0.717, 1.165) is 16.7 Å². The zero-order chi connectivity index (χ0) is 29.7. The van der Waals surface area contributed by atoms with Gasteiger partial charge in [0.05, 0.1) is 28.2 Å². The number of rotatable bonds is 3. The quantitative estimate of drug-likeness (QED) is 0.561. The van der Waals surface area contributed by atoms with Gasteiger partial charge in [-0.3, -0.25) is 14.8 Å². The Balaban J connectivity index is 1.79. The van der Waals surface area contributed by atoms with Crippen molar-refractivity contribution >= 4 is 29.4 Å². The number of anilines is 2. The highest BCUT2D eigenvalue weighted by Crippen LogP contribution is 2.43. The molecule has 1 amide bonds. The summed E-state index contributed by atoms with van der Waals surface area (Å²) in [5.41, 5.74) is -1.25. The molecule has 13 heteroatoms. The first-order valence-electron chi connectivity index (χ1n) is 12.8. The van der Waals surface area contributed by atoms with Crippen molar-refractivity contribution in [3.05, 3.63) is 87.1 Å². The Labute approximate surface area is 233 Å². The maximum Gasteiger partial charge on any atom is 0.355 e. The van der Waals surface area contributed by atoms with Gasteiger partial charge in [0.15, 0.2) is 17.4 Å². The Kier molecular flexibility index (Phi) is 6.99. The average molecular weight is 564 g/mol. The summed E-state index contributed by atoms with van der Waals surface area (Å²) in [6, 6.07) is -0.362. The number of hydrogen-bond acceptors (Lipinski definition) is 9. The number of ketones is 1. The monoisotopic (exact) mass is 563 g/mol. The van der Waals surface area contributed by atoms with Gasteiger partial charge in [0.1, 0.15) is 23.7 Å². The third-order valence-corrected chi connectivity index (χ3v) is 7.33. The molecule has 1 saturated heterocycles. The molecule has 0 aromatic carbocycles. The molecule has 4 heterocycles. The number of amides is 1. The van der Waals surface area contributed by atoms with Crippen molar-refractivity contribution in [2.45, 2.75) is 33.7 Å². The van der Waals surface area contributed by atoms with Gasteiger partial charge in [-0.05, 0) is 51.5 Å². The third kappa shape index (κ3) is 4.47. The zero-order valence-corrected chi connectivity index (χ0v) is 22.9. The molecule has 2 aromatic rings. The number of aromatic nitrogens is 4. The Morgan fingerprint density at radius 1 is 1.10 bits per heavy atom. The number of nitrogens with zero attached hydrogens (tertiary/aromatic N) is 7. The van der Waals surface area contributed by atoms with E-state index in [1.54, 1.807) is 23.6 Å². The van der Waals surface area contributed by atoms with Crippen molar-refractivity contribution in [2.75, 3.05) is 29.6 Å². The van der Waals surface area contributed by atoms with Gasteiger partial charge in [-0.1, -0.05) is 12.7 Å². The zero-order valence-electron chi connectivity index (χ0n) is 22.9. The van der Waals surface area contributed by atoms with Crippen molar-refractivity contribution < 1.29 is 23.6 Å². The molecule has 212 valence electrons. The first-order chi connectivity index (χ1) is 19.5. The van der Waals surface area contributed by atoms with E-state index in [-0.39, 0.29) is 60.0 Å². The average Bonchev–Trinajstić information content (AvgIpc) is 2.93. The number of Topliss-reactive ketones (excluding diaryl/α,β-unsaturated/α-hetero) is 1. The molecule has 3 aliphatic rings. The molecule has 0 unspecified atom stereocenters. The van der Waals surface area contributed by atoms with E-state index in [9.17, 15) is 19.6 Å². The molecule has 2 aromatic heterocycles. The number of piperazine rings is 1. The molecule has 0 radical (unpaired) electrons. The van der Waals surface area contributed by atoms with Gasteiger partial charge in [-0.2, -0.15) is 4.98 Å². The molecular weight excluding hydrogens is 536 g/mol. The van der Waals surface area contributed by atoms with E-state index in [0.29, 0.717) is 16.5 Å². The summed E-state index contributed by atoms with van der Waals surface area (Å²) >= 11 is 0. The Morgan fingerprint density at radius 3 is 2.41 bits per heavy atom. The van der Waals surface area contributed by atoms with Crippen LogP contribution < -0.4 is 15.7 Å². The first-order valence-corrected chi connectivity index (χ1v) is 12.8. The van der Waals surface area contributed by atoms with Crippen LogP contribution in [0.3, 0.4) is 0 Å². The van der Waals surface area contributed by atoms with E-state index in [2.05, 4.69) is 21.5 Å². The lowest BCUT2D eigenvalue weighted by atomic mass is 9.94. The number of allylic oxidation sites excluding steroid dienone is 6. The summed E-state index contributed by atoms with van der Waals surface area (Å²) < 4.78 is 31.9. The summed E-state index contributed by atoms with van der Waals surface area (Å²) in [6.07, 6.45) is 5.79. The Morgan fingerprint density at radius 2 is 1.78 bits per heavy atom. The second kappa shape index (κ2) is 10.3. The fraction of sp³-hybridized carbons (Fsp3) is 0.286. The molecule has 1 N–H and O–H groups in total. The van der Waals surface area contributed by atoms with E-state index in [4.69, 9.17) is 0 Å². The lowest BCUT2D eigenvalue weighted by Gasteiger charge is -2.41. The van der Waals surface area contributed by atoms with Crippen molar-refractivity contribution in [3.8, 4) is 5.69 Å². The summed E-state index contributed by atoms with van der Waals surface area (Å²) in [6.45, 7) is 10.8. The summed E-state index contributed by atoms with van der Waals surface area (Å²) in [5.74, 6) is -3.45. The van der Waals surface area contributed by atoms with Crippen LogP contribution in [0.5, 0.6) is 0 Å². The summed E-state index contributed by atoms with van der Waals surface area (Å²) in [4.78, 5) is 54.8. The van der Waals surface area contributed by atoms with Gasteiger partial charge in [0, 0.05) is 25.7 Å². The summed E-state index contributed by atoms with van der Waals surface area (Å²) in [7, 11) is 0. The largest absolute Gasteiger partial charge is 0.355 e. The normalized spacial score (nSPS) is 20.9. The number of carbonyl (C=O) groups is 2. The number of aryl methyl sites for hydroxylation is 2. The molecule has 0 bridgehead atoms. The minimum atomic E-state index is -1.11. The van der Waals surface area contributed by atoms with E-state index in [1.807, 2.05) is 6.92 Å². The fourth-order valence-electron chi connectivity index (χ4n) is 5.29. The molecule has 5 rings (SSSR count). The lowest BCUT2D eigenvalue weighted by molar-refractivity contribution is -0.126. The van der Waals surface area contributed by atoms with Gasteiger partial charge in [0.2, 0.25) is 5.91 Å². The molecular formula is C28H27F2N7O4. The van der Waals surface area contributed by atoms with Crippen molar-refractivity contribution in [1.82, 2.24) is 24.4 Å². The maximum atomic E-state index is 15.9. The summed E-state index contributed by atoms with van der Waals surface area (Å²) in [5, 5.41) is 11.9. The minimum Gasteiger partial charge on any atom is -0.350 e. The predicted molar refractivity (Wildman–Crippen MR) is 147 cm³/mol. The van der Waals surface area contributed by atoms with Crippen LogP contribution in [-0.4, -0.2) is 67.0 Å². The van der Waals surface area contributed by atoms with E-state index in [1.165, 1.54) is 25.4 Å². The van der Waals surface area contributed by atoms with Crippen LogP contribution in [-0.2, 0) is 9.59 Å². The van der Waals surface area contributed by atoms with Crippen LogP contribution in [0, 0.1) is 13.8 Å². The number of carbonyl (C=O) groups excluding carboxylic acids is 2. The van der Waals surface area contributed by atoms with Gasteiger partial charge < -0.3 is 9.80 Å². The van der Waals surface area contributed by atoms with Gasteiger partial charge in [-0.25, -0.2) is 33.2 Å². The smallest absolute Gasteiger partial charge is 0.350 e. The third-order valence-electron chi connectivity index (χ3n) is 7.33. The highest BCUT2D eigenvalue weighted by molar-refractivity contribution is 6.13. The van der Waals surface area contributed by atoms with Crippen molar-refractivity contribution in [2.24, 2.45) is 0 Å². The number of fused-ring (bicyclic) bond motifs is 1. The van der Waals surface area contributed by atoms with Crippen LogP contribution in [0.4, 0.5) is 20.4 Å². The van der Waals surface area contributed by atoms with Crippen LogP contribution in [0.15, 0.2) is 64.4 Å². The molecule has 0 spiro atoms. The SMILES string of the molecule is C=CC(=O)N1CCN(c2nc(=O)n(-c3c(C)ncnc3C)c3c2C=C(F)/C(=C2/C(=O)C(C)=CC=C2F)N3O)[C@@H](C)C1. The highest BCUT2D eigenvalue weighted by Gasteiger charge is 2.39. The Bertz CT molecular complexity index is 1680. The molecule has 1 fully saturated rings. The van der Waals surface area contributed by atoms with Crippen LogP contribution in [0.1, 0.15) is 30.8 Å². The second-order valence-corrected chi connectivity index (χ2v) is 9.94. The van der Waals surface area contributed by atoms with E-state index < -0.39 is 34.4 Å². The topological polar surface area (TPSA) is 125 Å². The standard InChI is InChI=1S/C28H27F2N7O4/c1-6-21(38)34-9-10-35(15(3)12-34)26-18-11-20(30)24(22-19(29)8-7-14(2)25(22)39)37(41)27(18)36(28(40)33-26)23-16(4)31-13-32-17(23)5/h6-8,11,13,15,41H,1,9-10,12H2,2-5H3/b24-22-/t15-/m0/s1. The fourth-order valence-corrected chi connectivity index (χ4v) is 5.29. The van der Waals surface area contributed by atoms with Gasteiger partial charge >= 0.3 is 5.69 Å². The highest BCUT2D eigenvalue weighted by atomic mass is 19.1. The number of hydroxylamine groups is 1. The van der Waals surface area contributed by atoms with Gasteiger partial charge in [-0.15, -0.1) is 0 Å². The lowest BCUT2D eigenvalue weighted by Crippen LogP contribution is -2.54. The first kappa shape index (κ1) is 27.8. The second-order valence-electron chi connectivity index (χ2n) is 9.94. The Hall–Kier alpha value is -4.78. The van der Waals surface area contributed by atoms with Crippen molar-refractivity contribution in [3.63, 3.8) is 0 Å². The predicted octanol–water partition coefficient (Wildman–Crippen LogP) is 3.02. The maximum absolute atomic E-state index is 15.9.